The molecule has 24 nitrogen and oxygen atoms in total. The van der Waals surface area contributed by atoms with Gasteiger partial charge >= 0.3 is 67.2 Å². The highest BCUT2D eigenvalue weighted by molar-refractivity contribution is 4.84. The molecule has 0 aromatic rings. The van der Waals surface area contributed by atoms with Gasteiger partial charge in [0.2, 0.25) is 0 Å². The average Bonchev–Trinajstić information content (AvgIpc) is 0.801. The molecule has 0 fully saturated rings. The molecule has 8 N–H and O–H groups in total. The Morgan fingerprint density at radius 3 is 0.551 bits per heavy atom. The Bertz CT molecular complexity index is 2750. The zero-order valence-corrected chi connectivity index (χ0v) is 73.5. The summed E-state index contributed by atoms with van der Waals surface area (Å²) in [7, 11) is 0. The van der Waals surface area contributed by atoms with Crippen molar-refractivity contribution in [3.8, 4) is 0 Å². The van der Waals surface area contributed by atoms with Gasteiger partial charge in [0.1, 0.15) is 45.9 Å². The Morgan fingerprint density at radius 1 is 0.162 bits per heavy atom. The van der Waals surface area contributed by atoms with Gasteiger partial charge in [-0.2, -0.15) is 132 Å². The average molecular weight is 2110 g/mol. The summed E-state index contributed by atoms with van der Waals surface area (Å²) in [5.74, 6) is -33.1. The molecular weight excluding hydrogens is 1980 g/mol. The van der Waals surface area contributed by atoms with E-state index in [4.69, 9.17) is 72.5 Å². The van der Waals surface area contributed by atoms with Crippen LogP contribution in [0.4, 0.5) is 158 Å². The minimum absolute atomic E-state index is 0. The number of unbranched alkanes of at least 4 members (excludes halogenated alkanes) is 4. The molecule has 60 heteroatoms. The van der Waals surface area contributed by atoms with Crippen LogP contribution in [0.15, 0.2) is 0 Å². The number of halogens is 36. The third-order valence-electron chi connectivity index (χ3n) is 16.8. The van der Waals surface area contributed by atoms with Crippen LogP contribution in [0.5, 0.6) is 0 Å². The minimum atomic E-state index is -6.13. The summed E-state index contributed by atoms with van der Waals surface area (Å²) in [5.41, 5.74) is 0. The standard InChI is InChI=1S/C22H34F12O6.C20H32F10O6.C18H30F8O6.C16H28F6O6.4H2/c23-18(24,14-21(29,30)31)3-6-39-11-16(7-35)9-37-4-1-2-5-38-10-17(8-36)12-40-15-19(25,26)13-20(27,28)22(32,33)34;21-17(22,13-19(25,26)27)14-36-12-16(8-32)10-34-5-2-1-4-33-9-15(7-31)11-35-6-3-18(23,24)20(28,29)30;19-16(20,18(24,25)26)13-32-12-15(8-28)10-30-5-2-1-4-29-9-14(7-27)11-31-6-3-17(21,22)23;17-15(18,19)11-27-9-13(5-23)7-25-3-1-2-4-26-8-14(6-24)10-28-12-16(20,21)22;;;;/h16-17,35-36H,1-15H2;15-16,31-32H,1-14H2;14-15,27-28H,1-13H2;13-14,23-24H,1-12H2;4*1H. The van der Waals surface area contributed by atoms with E-state index in [0.29, 0.717) is 64.6 Å². The van der Waals surface area contributed by atoms with Gasteiger partial charge in [-0.15, -0.1) is 0 Å². The van der Waals surface area contributed by atoms with E-state index in [1.165, 1.54) is 0 Å². The van der Waals surface area contributed by atoms with Crippen LogP contribution in [0.1, 0.15) is 95.6 Å². The number of aliphatic hydroxyl groups excluding tert-OH is 8. The minimum Gasteiger partial charge on any atom is -0.396 e. The first kappa shape index (κ1) is 139. The predicted octanol–water partition coefficient (Wildman–Crippen LogP) is 15.8. The summed E-state index contributed by atoms with van der Waals surface area (Å²) >= 11 is 0. The van der Waals surface area contributed by atoms with Crippen LogP contribution in [-0.4, -0.2) is 390 Å². The fraction of sp³-hybridized carbons (Fsp3) is 1.00. The monoisotopic (exact) mass is 2110 g/mol. The lowest BCUT2D eigenvalue weighted by Crippen LogP contribution is -2.43. The summed E-state index contributed by atoms with van der Waals surface area (Å²) in [6.07, 6.45) is -47.8. The largest absolute Gasteiger partial charge is 0.455 e. The summed E-state index contributed by atoms with van der Waals surface area (Å²) in [4.78, 5) is 0. The van der Waals surface area contributed by atoms with Crippen molar-refractivity contribution in [2.45, 2.75) is 175 Å². The van der Waals surface area contributed by atoms with Crippen LogP contribution in [0.25, 0.3) is 0 Å². The molecule has 0 aromatic heterocycles. The van der Waals surface area contributed by atoms with Gasteiger partial charge in [0.15, 0.2) is 0 Å². The second-order valence-electron chi connectivity index (χ2n) is 30.6. The lowest BCUT2D eigenvalue weighted by Gasteiger charge is -2.25. The van der Waals surface area contributed by atoms with Gasteiger partial charge in [-0.3, -0.25) is 0 Å². The Hall–Kier alpha value is -3.48. The van der Waals surface area contributed by atoms with Crippen molar-refractivity contribution in [3.05, 3.63) is 0 Å². The molecule has 0 heterocycles. The predicted molar refractivity (Wildman–Crippen MR) is 409 cm³/mol. The van der Waals surface area contributed by atoms with E-state index >= 15 is 0 Å². The van der Waals surface area contributed by atoms with E-state index in [2.05, 4.69) is 23.7 Å². The van der Waals surface area contributed by atoms with Crippen molar-refractivity contribution in [2.24, 2.45) is 47.3 Å². The van der Waals surface area contributed by atoms with Gasteiger partial charge in [-0.1, -0.05) is 0 Å². The highest BCUT2D eigenvalue weighted by Crippen LogP contribution is 2.44. The molecule has 8 unspecified atom stereocenters. The smallest absolute Gasteiger partial charge is 0.396 e. The molecule has 0 aliphatic rings. The highest BCUT2D eigenvalue weighted by atomic mass is 19.5. The molecule has 0 saturated carbocycles. The first-order valence-corrected chi connectivity index (χ1v) is 41.6. The number of aliphatic hydroxyl groups is 8. The molecule has 0 radical (unpaired) electrons. The van der Waals surface area contributed by atoms with Crippen LogP contribution in [0.2, 0.25) is 0 Å². The van der Waals surface area contributed by atoms with Gasteiger partial charge in [0, 0.05) is 119 Å². The Kier molecular flexibility index (Phi) is 75.1. The summed E-state index contributed by atoms with van der Waals surface area (Å²) in [6, 6.07) is 0. The second-order valence-corrected chi connectivity index (χ2v) is 30.6. The fourth-order valence-corrected chi connectivity index (χ4v) is 9.43. The maximum absolute atomic E-state index is 13.4. The Balaban J connectivity index is -0.000000276. The number of hydrogen-bond donors (Lipinski definition) is 8. The molecule has 0 aliphatic heterocycles. The normalized spacial score (nSPS) is 15.3. The number of ether oxygens (including phenoxy) is 16. The van der Waals surface area contributed by atoms with Gasteiger partial charge in [-0.05, 0) is 51.4 Å². The first-order valence-electron chi connectivity index (χ1n) is 41.6. The van der Waals surface area contributed by atoms with Gasteiger partial charge in [0.25, 0.3) is 17.8 Å². The zero-order chi connectivity index (χ0) is 105. The lowest BCUT2D eigenvalue weighted by molar-refractivity contribution is -0.303. The van der Waals surface area contributed by atoms with E-state index in [-0.39, 0.29) is 151 Å². The molecule has 0 spiro atoms. The number of rotatable bonds is 80. The molecule has 0 amide bonds. The van der Waals surface area contributed by atoms with Crippen molar-refractivity contribution >= 4 is 0 Å². The SMILES string of the molecule is OCC(COCCCCOCC(CO)COCC(F)(F)C(F)(F)F)COCCC(F)(F)F.OCC(COCCCCOCC(CO)COCC(F)(F)CC(F)(F)C(F)(F)F)COCCC(F)(F)CC(F)(F)F.OCC(COCCCCOCC(CO)COCC(F)(F)CC(F)(F)F)COCCC(F)(F)C(F)(F)F.OCC(COCCCCOCC(CO)COCC(F)(F)F)COCC(F)(F)F.[HH].[HH].[HH].[HH]. The Morgan fingerprint density at radius 2 is 0.346 bits per heavy atom. The molecule has 136 heavy (non-hydrogen) atoms. The topological polar surface area (TPSA) is 310 Å². The van der Waals surface area contributed by atoms with Crippen LogP contribution in [0, 0.1) is 47.3 Å². The summed E-state index contributed by atoms with van der Waals surface area (Å²) in [6.45, 7) is -14.4. The maximum Gasteiger partial charge on any atom is 0.455 e. The first-order chi connectivity index (χ1) is 62.7. The molecule has 0 saturated heterocycles. The molecule has 0 aromatic carbocycles. The van der Waals surface area contributed by atoms with E-state index < -0.39 is 277 Å². The Labute approximate surface area is 765 Å². The van der Waals surface area contributed by atoms with E-state index in [1.54, 1.807) is 0 Å². The van der Waals surface area contributed by atoms with Gasteiger partial charge in [-0.25, -0.2) is 26.3 Å². The summed E-state index contributed by atoms with van der Waals surface area (Å²) < 4.78 is 523. The third-order valence-corrected chi connectivity index (χ3v) is 16.8. The number of alkyl halides is 36. The van der Waals surface area contributed by atoms with Crippen molar-refractivity contribution in [1.82, 2.24) is 0 Å². The number of hydrogen-bond acceptors (Lipinski definition) is 24. The molecule has 0 rings (SSSR count). The molecule has 8 atom stereocenters. The molecule has 0 bridgehead atoms. The molecule has 0 aliphatic carbocycles. The van der Waals surface area contributed by atoms with Crippen LogP contribution in [0.3, 0.4) is 0 Å². The van der Waals surface area contributed by atoms with E-state index in [9.17, 15) is 178 Å². The maximum atomic E-state index is 13.4. The lowest BCUT2D eigenvalue weighted by atomic mass is 10.1. The van der Waals surface area contributed by atoms with Crippen LogP contribution >= 0.6 is 0 Å². The fourth-order valence-electron chi connectivity index (χ4n) is 9.43. The van der Waals surface area contributed by atoms with Gasteiger partial charge < -0.3 is 117 Å². The van der Waals surface area contributed by atoms with Crippen molar-refractivity contribution < 1.29 is 280 Å². The van der Waals surface area contributed by atoms with Gasteiger partial charge in [0.05, 0.1) is 191 Å². The summed E-state index contributed by atoms with van der Waals surface area (Å²) in [5, 5.41) is 73.2. The quantitative estimate of drug-likeness (QED) is 0.0207. The van der Waals surface area contributed by atoms with Crippen molar-refractivity contribution in [3.63, 3.8) is 0 Å². The second kappa shape index (κ2) is 73.6. The molecular formula is C76H132F36O24. The molecule has 832 valence electrons. The zero-order valence-electron chi connectivity index (χ0n) is 73.5. The van der Waals surface area contributed by atoms with E-state index in [1.807, 2.05) is 0 Å². The third kappa shape index (κ3) is 85.0. The van der Waals surface area contributed by atoms with Crippen molar-refractivity contribution in [1.29, 1.82) is 0 Å². The van der Waals surface area contributed by atoms with Crippen LogP contribution < -0.4 is 0 Å². The van der Waals surface area contributed by atoms with E-state index in [0.717, 1.165) is 0 Å². The highest BCUT2D eigenvalue weighted by Gasteiger charge is 2.62. The van der Waals surface area contributed by atoms with Crippen LogP contribution in [-0.2, 0) is 75.8 Å². The van der Waals surface area contributed by atoms with Crippen molar-refractivity contribution in [2.75, 3.05) is 264 Å².